The van der Waals surface area contributed by atoms with E-state index in [-0.39, 0.29) is 31.5 Å². The van der Waals surface area contributed by atoms with Crippen LogP contribution in [0.5, 0.6) is 0 Å². The van der Waals surface area contributed by atoms with Crippen molar-refractivity contribution in [1.82, 2.24) is 10.2 Å². The Kier molecular flexibility index (Phi) is 6.21. The average Bonchev–Trinajstić information content (AvgIpc) is 3.07. The second kappa shape index (κ2) is 8.49. The summed E-state index contributed by atoms with van der Waals surface area (Å²) in [4.78, 5) is 14.1. The van der Waals surface area contributed by atoms with Crippen LogP contribution >= 0.6 is 0 Å². The third kappa shape index (κ3) is 4.93. The Labute approximate surface area is 165 Å². The first kappa shape index (κ1) is 21.2. The van der Waals surface area contributed by atoms with Crippen molar-refractivity contribution in [3.8, 4) is 0 Å². The van der Waals surface area contributed by atoms with Crippen molar-refractivity contribution in [2.24, 2.45) is 5.41 Å². The summed E-state index contributed by atoms with van der Waals surface area (Å²) < 4.78 is 68.0. The molecule has 0 radical (unpaired) electrons. The summed E-state index contributed by atoms with van der Waals surface area (Å²) in [7, 11) is 0. The Morgan fingerprint density at radius 2 is 1.69 bits per heavy atom. The zero-order valence-electron chi connectivity index (χ0n) is 15.6. The number of halogens is 5. The molecule has 0 bridgehead atoms. The number of carbonyl (C=O) groups excluding carboxylic acids is 1. The van der Waals surface area contributed by atoms with Gasteiger partial charge in [0.05, 0.1) is 0 Å². The predicted octanol–water partition coefficient (Wildman–Crippen LogP) is 4.08. The number of amides is 1. The van der Waals surface area contributed by atoms with E-state index in [2.05, 4.69) is 5.32 Å². The summed E-state index contributed by atoms with van der Waals surface area (Å²) in [6, 6.07) is 12.0. The van der Waals surface area contributed by atoms with Gasteiger partial charge in [-0.3, -0.25) is 9.69 Å². The maximum Gasteiger partial charge on any atom is 0.404 e. The molecule has 1 fully saturated rings. The van der Waals surface area contributed by atoms with Crippen molar-refractivity contribution in [2.45, 2.75) is 25.6 Å². The van der Waals surface area contributed by atoms with Crippen molar-refractivity contribution >= 4 is 5.91 Å². The quantitative estimate of drug-likeness (QED) is 0.726. The molecule has 1 unspecified atom stereocenters. The molecule has 1 heterocycles. The third-order valence-electron chi connectivity index (χ3n) is 5.20. The van der Waals surface area contributed by atoms with E-state index in [1.807, 2.05) is 30.3 Å². The summed E-state index contributed by atoms with van der Waals surface area (Å²) in [5, 5.41) is 2.31. The lowest BCUT2D eigenvalue weighted by Gasteiger charge is -2.30. The second-order valence-electron chi connectivity index (χ2n) is 7.31. The minimum Gasteiger partial charge on any atom is -0.355 e. The maximum atomic E-state index is 13.8. The molecule has 3 rings (SSSR count). The highest BCUT2D eigenvalue weighted by Crippen LogP contribution is 2.46. The highest BCUT2D eigenvalue weighted by Gasteiger charge is 2.62. The zero-order chi connectivity index (χ0) is 21.1. The normalized spacial score (nSPS) is 20.0. The number of hydrogen-bond acceptors (Lipinski definition) is 2. The van der Waals surface area contributed by atoms with Gasteiger partial charge in [0.2, 0.25) is 5.91 Å². The molecule has 1 amide bonds. The van der Waals surface area contributed by atoms with Gasteiger partial charge >= 0.3 is 6.18 Å². The van der Waals surface area contributed by atoms with Crippen LogP contribution in [0.2, 0.25) is 0 Å². The maximum absolute atomic E-state index is 13.8. The van der Waals surface area contributed by atoms with Crippen LogP contribution in [0, 0.1) is 17.0 Å². The van der Waals surface area contributed by atoms with E-state index >= 15 is 0 Å². The second-order valence-corrected chi connectivity index (χ2v) is 7.31. The van der Waals surface area contributed by atoms with E-state index in [1.165, 1.54) is 0 Å². The van der Waals surface area contributed by atoms with Gasteiger partial charge in [0.15, 0.2) is 5.41 Å². The Bertz CT molecular complexity index is 836. The molecule has 0 aliphatic carbocycles. The highest BCUT2D eigenvalue weighted by molar-refractivity contribution is 5.84. The summed E-state index contributed by atoms with van der Waals surface area (Å²) in [5.41, 5.74) is -1.35. The van der Waals surface area contributed by atoms with Crippen LogP contribution in [0.15, 0.2) is 48.5 Å². The van der Waals surface area contributed by atoms with Crippen molar-refractivity contribution in [2.75, 3.05) is 19.6 Å². The van der Waals surface area contributed by atoms with Crippen molar-refractivity contribution < 1.29 is 26.7 Å². The van der Waals surface area contributed by atoms with Gasteiger partial charge in [-0.1, -0.05) is 30.3 Å². The molecule has 1 N–H and O–H groups in total. The fourth-order valence-electron chi connectivity index (χ4n) is 3.66. The van der Waals surface area contributed by atoms with Gasteiger partial charge in [0.1, 0.15) is 11.6 Å². The third-order valence-corrected chi connectivity index (χ3v) is 5.20. The van der Waals surface area contributed by atoms with Gasteiger partial charge in [0.25, 0.3) is 0 Å². The molecule has 0 spiro atoms. The molecule has 2 aromatic carbocycles. The van der Waals surface area contributed by atoms with E-state index in [0.29, 0.717) is 12.6 Å². The number of rotatable bonds is 6. The summed E-state index contributed by atoms with van der Waals surface area (Å²) >= 11 is 0. The molecule has 156 valence electrons. The number of carbonyl (C=O) groups is 1. The lowest BCUT2D eigenvalue weighted by Crippen LogP contribution is -2.52. The summed E-state index contributed by atoms with van der Waals surface area (Å²) in [6.07, 6.45) is -5.00. The van der Waals surface area contributed by atoms with E-state index in [0.717, 1.165) is 17.7 Å². The summed E-state index contributed by atoms with van der Waals surface area (Å²) in [5.74, 6) is -2.65. The number of alkyl halides is 3. The van der Waals surface area contributed by atoms with Crippen LogP contribution in [-0.2, 0) is 17.8 Å². The van der Waals surface area contributed by atoms with Gasteiger partial charge < -0.3 is 5.32 Å². The van der Waals surface area contributed by atoms with E-state index < -0.39 is 35.7 Å². The predicted molar refractivity (Wildman–Crippen MR) is 97.9 cm³/mol. The molecular formula is C21H21F5N2O. The van der Waals surface area contributed by atoms with Gasteiger partial charge in [-0.25, -0.2) is 8.78 Å². The van der Waals surface area contributed by atoms with Crippen LogP contribution in [0.4, 0.5) is 22.0 Å². The van der Waals surface area contributed by atoms with Crippen LogP contribution < -0.4 is 5.32 Å². The van der Waals surface area contributed by atoms with Crippen LogP contribution in [0.1, 0.15) is 17.5 Å². The van der Waals surface area contributed by atoms with Crippen LogP contribution in [0.3, 0.4) is 0 Å². The van der Waals surface area contributed by atoms with Gasteiger partial charge in [0, 0.05) is 25.7 Å². The number of nitrogens with zero attached hydrogens (tertiary/aromatic N) is 1. The molecule has 1 saturated heterocycles. The molecule has 1 aliphatic heterocycles. The summed E-state index contributed by atoms with van der Waals surface area (Å²) in [6.45, 7) is -0.0878. The molecule has 1 atom stereocenters. The lowest BCUT2D eigenvalue weighted by molar-refractivity contribution is -0.218. The standard InChI is InChI=1S/C21H21F5N2O/c22-17-10-16(11-18(23)12-17)6-8-27-19(29)20(21(24,25)26)7-9-28(14-20)13-15-4-2-1-3-5-15/h1-5,10-12H,6-9,13-14H2,(H,27,29). The zero-order valence-corrected chi connectivity index (χ0v) is 15.6. The number of benzene rings is 2. The van der Waals surface area contributed by atoms with E-state index in [4.69, 9.17) is 0 Å². The van der Waals surface area contributed by atoms with Crippen LogP contribution in [-0.4, -0.2) is 36.6 Å². The fraction of sp³-hybridized carbons (Fsp3) is 0.381. The fourth-order valence-corrected chi connectivity index (χ4v) is 3.66. The monoisotopic (exact) mass is 412 g/mol. The molecule has 0 aromatic heterocycles. The van der Waals surface area contributed by atoms with E-state index in [1.54, 1.807) is 4.90 Å². The average molecular weight is 412 g/mol. The Balaban J connectivity index is 1.64. The smallest absolute Gasteiger partial charge is 0.355 e. The minimum absolute atomic E-state index is 0.0298. The molecule has 3 nitrogen and oxygen atoms in total. The first-order valence-electron chi connectivity index (χ1n) is 9.26. The molecule has 2 aromatic rings. The van der Waals surface area contributed by atoms with E-state index in [9.17, 15) is 26.7 Å². The van der Waals surface area contributed by atoms with Gasteiger partial charge in [-0.2, -0.15) is 13.2 Å². The van der Waals surface area contributed by atoms with Crippen molar-refractivity contribution in [3.63, 3.8) is 0 Å². The SMILES string of the molecule is O=C(NCCc1cc(F)cc(F)c1)C1(C(F)(F)F)CCN(Cc2ccccc2)C1. The molecule has 1 aliphatic rings. The highest BCUT2D eigenvalue weighted by atomic mass is 19.4. The molecule has 29 heavy (non-hydrogen) atoms. The minimum atomic E-state index is -4.70. The molecule has 0 saturated carbocycles. The van der Waals surface area contributed by atoms with Gasteiger partial charge in [-0.05, 0) is 42.6 Å². The van der Waals surface area contributed by atoms with Gasteiger partial charge in [-0.15, -0.1) is 0 Å². The lowest BCUT2D eigenvalue weighted by atomic mass is 9.85. The largest absolute Gasteiger partial charge is 0.404 e. The number of nitrogens with one attached hydrogen (secondary N) is 1. The molecular weight excluding hydrogens is 391 g/mol. The topological polar surface area (TPSA) is 32.3 Å². The Morgan fingerprint density at radius 1 is 1.03 bits per heavy atom. The first-order chi connectivity index (χ1) is 13.7. The van der Waals surface area contributed by atoms with Crippen LogP contribution in [0.25, 0.3) is 0 Å². The first-order valence-corrected chi connectivity index (χ1v) is 9.26. The Hall–Kier alpha value is -2.48. The molecule has 8 heteroatoms. The Morgan fingerprint density at radius 3 is 2.31 bits per heavy atom. The number of likely N-dealkylation sites (tertiary alicyclic amines) is 1. The van der Waals surface area contributed by atoms with Crippen molar-refractivity contribution in [1.29, 1.82) is 0 Å². The number of hydrogen-bond donors (Lipinski definition) is 1. The van der Waals surface area contributed by atoms with Crippen molar-refractivity contribution in [3.05, 3.63) is 71.3 Å².